The van der Waals surface area contributed by atoms with Crippen LogP contribution in [-0.4, -0.2) is 19.0 Å². The number of halogens is 4. The van der Waals surface area contributed by atoms with Crippen LogP contribution in [0.2, 0.25) is 20.1 Å². The first-order chi connectivity index (χ1) is 15.8. The predicted molar refractivity (Wildman–Crippen MR) is 131 cm³/mol. The topological polar surface area (TPSA) is 57.1 Å². The lowest BCUT2D eigenvalue weighted by Gasteiger charge is -2.13. The van der Waals surface area contributed by atoms with E-state index in [1.165, 1.54) is 7.11 Å². The van der Waals surface area contributed by atoms with Crippen molar-refractivity contribution >= 4 is 64.3 Å². The van der Waals surface area contributed by atoms with E-state index in [-0.39, 0.29) is 18.2 Å². The van der Waals surface area contributed by atoms with Crippen molar-refractivity contribution in [3.8, 4) is 11.5 Å². The van der Waals surface area contributed by atoms with E-state index in [0.29, 0.717) is 42.7 Å². The summed E-state index contributed by atoms with van der Waals surface area (Å²) in [5.74, 6) is 0.295. The van der Waals surface area contributed by atoms with Crippen LogP contribution in [0.1, 0.15) is 16.7 Å². The van der Waals surface area contributed by atoms with Gasteiger partial charge in [0.25, 0.3) is 0 Å². The molecule has 0 atom stereocenters. The molecule has 0 aliphatic carbocycles. The molecule has 4 rings (SSSR count). The van der Waals surface area contributed by atoms with E-state index < -0.39 is 5.97 Å². The molecule has 1 aliphatic heterocycles. The summed E-state index contributed by atoms with van der Waals surface area (Å²) in [5.41, 5.74) is 2.09. The fourth-order valence-corrected chi connectivity index (χ4v) is 3.85. The van der Waals surface area contributed by atoms with Crippen LogP contribution in [0, 0.1) is 0 Å². The van der Waals surface area contributed by atoms with Gasteiger partial charge in [-0.3, -0.25) is 0 Å². The maximum absolute atomic E-state index is 12.3. The molecule has 9 heteroatoms. The van der Waals surface area contributed by atoms with Crippen molar-refractivity contribution < 1.29 is 19.0 Å². The van der Waals surface area contributed by atoms with Crippen LogP contribution in [-0.2, 0) is 16.1 Å². The van der Waals surface area contributed by atoms with Gasteiger partial charge < -0.3 is 14.2 Å². The Morgan fingerprint density at radius 3 is 2.52 bits per heavy atom. The van der Waals surface area contributed by atoms with Crippen LogP contribution in [0.15, 0.2) is 65.3 Å². The number of methoxy groups -OCH3 is 1. The second-order valence-electron chi connectivity index (χ2n) is 6.92. The molecule has 0 amide bonds. The van der Waals surface area contributed by atoms with Crippen LogP contribution in [0.4, 0.5) is 0 Å². The highest BCUT2D eigenvalue weighted by Crippen LogP contribution is 2.38. The smallest absolute Gasteiger partial charge is 0.363 e. The Morgan fingerprint density at radius 2 is 1.79 bits per heavy atom. The number of carbonyl (C=O) groups is 1. The second-order valence-corrected chi connectivity index (χ2v) is 8.58. The van der Waals surface area contributed by atoms with Gasteiger partial charge in [0, 0.05) is 10.6 Å². The minimum absolute atomic E-state index is 0.0989. The lowest BCUT2D eigenvalue weighted by molar-refractivity contribution is -0.129. The standard InChI is InChI=1S/C24H15Cl4NO4/c1-31-21-10-14(8-19(28)22(21)32-12-13-3-2-4-16(25)7-13)9-20-24(30)33-23(29-20)15-5-6-17(26)18(27)11-15/h2-11H,12H2,1H3/b20-9-. The number of ether oxygens (including phenoxy) is 3. The van der Waals surface area contributed by atoms with E-state index in [0.717, 1.165) is 5.56 Å². The molecule has 5 nitrogen and oxygen atoms in total. The van der Waals surface area contributed by atoms with E-state index in [2.05, 4.69) is 4.99 Å². The number of benzene rings is 3. The number of carbonyl (C=O) groups excluding carboxylic acids is 1. The molecule has 3 aromatic carbocycles. The first kappa shape index (κ1) is 23.5. The Labute approximate surface area is 210 Å². The van der Waals surface area contributed by atoms with Gasteiger partial charge in [0.05, 0.1) is 22.2 Å². The molecule has 0 radical (unpaired) electrons. The number of rotatable bonds is 6. The lowest BCUT2D eigenvalue weighted by atomic mass is 10.1. The van der Waals surface area contributed by atoms with E-state index >= 15 is 0 Å². The third-order valence-electron chi connectivity index (χ3n) is 4.61. The van der Waals surface area contributed by atoms with Gasteiger partial charge in [0.15, 0.2) is 17.2 Å². The van der Waals surface area contributed by atoms with Gasteiger partial charge in [0.1, 0.15) is 6.61 Å². The summed E-state index contributed by atoms with van der Waals surface area (Å²) in [6, 6.07) is 15.5. The molecule has 3 aromatic rings. The van der Waals surface area contributed by atoms with Crippen molar-refractivity contribution in [3.05, 3.63) is 97.1 Å². The summed E-state index contributed by atoms with van der Waals surface area (Å²) in [7, 11) is 1.50. The number of hydrogen-bond acceptors (Lipinski definition) is 5. The number of esters is 1. The van der Waals surface area contributed by atoms with Gasteiger partial charge in [0.2, 0.25) is 5.90 Å². The van der Waals surface area contributed by atoms with Crippen molar-refractivity contribution in [3.63, 3.8) is 0 Å². The molecule has 0 spiro atoms. The molecule has 0 bridgehead atoms. The van der Waals surface area contributed by atoms with Gasteiger partial charge in [-0.05, 0) is 59.7 Å². The normalized spacial score (nSPS) is 14.3. The van der Waals surface area contributed by atoms with E-state index in [9.17, 15) is 4.79 Å². The number of aliphatic imine (C=N–C) groups is 1. The SMILES string of the molecule is COc1cc(/C=C2\N=C(c3ccc(Cl)c(Cl)c3)OC2=O)cc(Cl)c1OCc1cccc(Cl)c1. The Bertz CT molecular complexity index is 1300. The molecule has 0 saturated heterocycles. The maximum Gasteiger partial charge on any atom is 0.363 e. The Hall–Kier alpha value is -2.70. The fourth-order valence-electron chi connectivity index (χ4n) is 3.07. The zero-order valence-electron chi connectivity index (χ0n) is 17.1. The zero-order chi connectivity index (χ0) is 23.5. The molecule has 1 heterocycles. The van der Waals surface area contributed by atoms with Crippen LogP contribution in [0.25, 0.3) is 6.08 Å². The fraction of sp³-hybridized carbons (Fsp3) is 0.0833. The molecule has 0 unspecified atom stereocenters. The molecule has 33 heavy (non-hydrogen) atoms. The van der Waals surface area contributed by atoms with Crippen LogP contribution in [0.3, 0.4) is 0 Å². The van der Waals surface area contributed by atoms with E-state index in [1.54, 1.807) is 48.5 Å². The van der Waals surface area contributed by atoms with Crippen molar-refractivity contribution in [1.29, 1.82) is 0 Å². The number of cyclic esters (lactones) is 1. The van der Waals surface area contributed by atoms with E-state index in [4.69, 9.17) is 60.6 Å². The highest BCUT2D eigenvalue weighted by atomic mass is 35.5. The van der Waals surface area contributed by atoms with Gasteiger partial charge >= 0.3 is 5.97 Å². The summed E-state index contributed by atoms with van der Waals surface area (Å²) in [6.45, 7) is 0.251. The van der Waals surface area contributed by atoms with Crippen LogP contribution >= 0.6 is 46.4 Å². The first-order valence-corrected chi connectivity index (χ1v) is 11.1. The van der Waals surface area contributed by atoms with Crippen molar-refractivity contribution in [2.45, 2.75) is 6.61 Å². The summed E-state index contributed by atoms with van der Waals surface area (Å²) in [4.78, 5) is 16.6. The molecule has 0 aromatic heterocycles. The van der Waals surface area contributed by atoms with E-state index in [1.807, 2.05) is 12.1 Å². The highest BCUT2D eigenvalue weighted by molar-refractivity contribution is 6.42. The van der Waals surface area contributed by atoms with Crippen LogP contribution in [0.5, 0.6) is 11.5 Å². The summed E-state index contributed by atoms with van der Waals surface area (Å²) < 4.78 is 16.6. The quantitative estimate of drug-likeness (QED) is 0.253. The molecule has 1 aliphatic rings. The molecular formula is C24H15Cl4NO4. The number of hydrogen-bond donors (Lipinski definition) is 0. The lowest BCUT2D eigenvalue weighted by Crippen LogP contribution is -2.05. The van der Waals surface area contributed by atoms with Gasteiger partial charge in [-0.25, -0.2) is 9.79 Å². The second kappa shape index (κ2) is 10.1. The Kier molecular flexibility index (Phi) is 7.15. The first-order valence-electron chi connectivity index (χ1n) is 9.57. The molecule has 0 fully saturated rings. The van der Waals surface area contributed by atoms with Gasteiger partial charge in [-0.1, -0.05) is 58.5 Å². The highest BCUT2D eigenvalue weighted by Gasteiger charge is 2.25. The molecule has 0 N–H and O–H groups in total. The van der Waals surface area contributed by atoms with Crippen molar-refractivity contribution in [2.24, 2.45) is 4.99 Å². The third kappa shape index (κ3) is 5.45. The molecular weight excluding hydrogens is 508 g/mol. The largest absolute Gasteiger partial charge is 0.493 e. The number of nitrogens with zero attached hydrogens (tertiary/aromatic N) is 1. The minimum atomic E-state index is -0.604. The van der Waals surface area contributed by atoms with Gasteiger partial charge in [-0.2, -0.15) is 0 Å². The Balaban J connectivity index is 1.59. The molecule has 0 saturated carbocycles. The summed E-state index contributed by atoms with van der Waals surface area (Å²) >= 11 is 24.5. The summed E-state index contributed by atoms with van der Waals surface area (Å²) in [5, 5.41) is 1.64. The zero-order valence-corrected chi connectivity index (χ0v) is 20.1. The predicted octanol–water partition coefficient (Wildman–Crippen LogP) is 7.23. The van der Waals surface area contributed by atoms with Crippen molar-refractivity contribution in [2.75, 3.05) is 7.11 Å². The van der Waals surface area contributed by atoms with Gasteiger partial charge in [-0.15, -0.1) is 0 Å². The maximum atomic E-state index is 12.3. The average Bonchev–Trinajstić information content (AvgIpc) is 3.14. The molecule has 168 valence electrons. The monoisotopic (exact) mass is 521 g/mol. The van der Waals surface area contributed by atoms with Crippen molar-refractivity contribution in [1.82, 2.24) is 0 Å². The van der Waals surface area contributed by atoms with Crippen LogP contribution < -0.4 is 9.47 Å². The summed E-state index contributed by atoms with van der Waals surface area (Å²) in [6.07, 6.45) is 1.54. The third-order valence-corrected chi connectivity index (χ3v) is 5.87. The average molecular weight is 523 g/mol. The Morgan fingerprint density at radius 1 is 0.970 bits per heavy atom. The minimum Gasteiger partial charge on any atom is -0.493 e.